The Balaban J connectivity index is 3.08. The van der Waals surface area contributed by atoms with Crippen molar-refractivity contribution >= 4 is 28.8 Å². The monoisotopic (exact) mass is 334 g/mol. The Morgan fingerprint density at radius 3 is 2.04 bits per heavy atom. The third-order valence-electron chi connectivity index (χ3n) is 3.00. The van der Waals surface area contributed by atoms with Crippen LogP contribution in [0.25, 0.3) is 10.9 Å². The van der Waals surface area contributed by atoms with Crippen LogP contribution in [-0.4, -0.2) is 48.3 Å². The van der Waals surface area contributed by atoms with Crippen LogP contribution in [0.1, 0.15) is 31.3 Å². The van der Waals surface area contributed by atoms with Gasteiger partial charge in [0.25, 0.3) is 0 Å². The minimum Gasteiger partial charge on any atom is -0.503 e. The lowest BCUT2D eigenvalue weighted by molar-refractivity contribution is 0.0678. The molecular formula is C14H10N2O8. The third kappa shape index (κ3) is 3.16. The van der Waals surface area contributed by atoms with Gasteiger partial charge in [-0.1, -0.05) is 0 Å². The second-order valence-corrected chi connectivity index (χ2v) is 4.59. The molecule has 0 unspecified atom stereocenters. The van der Waals surface area contributed by atoms with Crippen molar-refractivity contribution in [1.29, 1.82) is 0 Å². The molecule has 6 N–H and O–H groups in total. The maximum Gasteiger partial charge on any atom is 0.352 e. The van der Waals surface area contributed by atoms with E-state index in [1.807, 2.05) is 0 Å². The predicted molar refractivity (Wildman–Crippen MR) is 79.1 cm³/mol. The number of nitrogens with one attached hydrogen (secondary N) is 2. The van der Waals surface area contributed by atoms with E-state index < -0.39 is 46.0 Å². The minimum absolute atomic E-state index is 0.197. The van der Waals surface area contributed by atoms with Gasteiger partial charge in [0, 0.05) is 6.20 Å². The Hall–Kier alpha value is -3.82. The highest BCUT2D eigenvalue weighted by Crippen LogP contribution is 2.14. The molecule has 10 nitrogen and oxygen atoms in total. The number of hydrogen-bond acceptors (Lipinski definition) is 5. The van der Waals surface area contributed by atoms with Crippen LogP contribution in [0, 0.1) is 0 Å². The molecule has 10 heteroatoms. The molecule has 0 aliphatic carbocycles. The number of hydrogen-bond donors (Lipinski definition) is 6. The van der Waals surface area contributed by atoms with Gasteiger partial charge in [0.05, 0.1) is 16.5 Å². The Morgan fingerprint density at radius 2 is 1.50 bits per heavy atom. The van der Waals surface area contributed by atoms with Gasteiger partial charge >= 0.3 is 17.9 Å². The van der Waals surface area contributed by atoms with Crippen molar-refractivity contribution < 1.29 is 34.8 Å². The summed E-state index contributed by atoms with van der Waals surface area (Å²) in [7, 11) is 0. The summed E-state index contributed by atoms with van der Waals surface area (Å²) in [5.41, 5.74) is -2.76. The lowest BCUT2D eigenvalue weighted by atomic mass is 10.2. The molecule has 0 aliphatic heterocycles. The number of carbonyl (C=O) groups is 3. The number of aromatic hydroxyl groups is 1. The number of H-pyrrole nitrogens is 2. The molecule has 0 aliphatic rings. The van der Waals surface area contributed by atoms with Crippen LogP contribution in [0.2, 0.25) is 0 Å². The Labute approximate surface area is 132 Å². The lowest BCUT2D eigenvalue weighted by Crippen LogP contribution is -2.04. The highest BCUT2D eigenvalue weighted by atomic mass is 16.4. The molecule has 2 heterocycles. The molecule has 24 heavy (non-hydrogen) atoms. The van der Waals surface area contributed by atoms with Crippen LogP contribution in [0.15, 0.2) is 29.2 Å². The quantitative estimate of drug-likeness (QED) is 0.476. The van der Waals surface area contributed by atoms with Crippen LogP contribution in [0.4, 0.5) is 0 Å². The van der Waals surface area contributed by atoms with E-state index in [-0.39, 0.29) is 10.9 Å². The first-order valence-corrected chi connectivity index (χ1v) is 6.27. The zero-order valence-corrected chi connectivity index (χ0v) is 11.7. The fraction of sp³-hybridized carbons (Fsp3) is 0. The standard InChI is InChI=1S/C14H10N2O8/c17-10-4-15-8(13(21)22)2-5(12(19)20)1-7-6(11(10)18)3-9(16-7)14(23)24/h1-4,15-17H,(H,19,20)(H,21,22)(H,23,24). The minimum atomic E-state index is -1.53. The smallest absolute Gasteiger partial charge is 0.352 e. The van der Waals surface area contributed by atoms with Crippen LogP contribution >= 0.6 is 0 Å². The first-order chi connectivity index (χ1) is 11.2. The number of rotatable bonds is 3. The molecule has 0 aromatic carbocycles. The molecule has 0 amide bonds. The van der Waals surface area contributed by atoms with E-state index in [9.17, 15) is 24.3 Å². The predicted octanol–water partition coefficient (Wildman–Crippen LogP) is 0.781. The van der Waals surface area contributed by atoms with Crippen molar-refractivity contribution in [2.45, 2.75) is 0 Å². The van der Waals surface area contributed by atoms with Crippen molar-refractivity contribution in [3.8, 4) is 5.75 Å². The molecule has 0 atom stereocenters. The third-order valence-corrected chi connectivity index (χ3v) is 3.00. The number of aromatic carboxylic acids is 3. The van der Waals surface area contributed by atoms with Crippen LogP contribution < -0.4 is 5.43 Å². The van der Waals surface area contributed by atoms with Crippen molar-refractivity contribution in [2.75, 3.05) is 0 Å². The maximum atomic E-state index is 12.1. The van der Waals surface area contributed by atoms with E-state index in [4.69, 9.17) is 15.3 Å². The van der Waals surface area contributed by atoms with Gasteiger partial charge in [0.15, 0.2) is 5.75 Å². The zero-order valence-electron chi connectivity index (χ0n) is 11.7. The summed E-state index contributed by atoms with van der Waals surface area (Å²) in [6, 6.07) is 2.59. The Morgan fingerprint density at radius 1 is 0.875 bits per heavy atom. The zero-order chi connectivity index (χ0) is 18.0. The first kappa shape index (κ1) is 16.5. The number of carboxylic acid groups (broad SMARTS) is 3. The Bertz CT molecular complexity index is 984. The van der Waals surface area contributed by atoms with Gasteiger partial charge in [0.1, 0.15) is 11.4 Å². The van der Waals surface area contributed by atoms with Crippen molar-refractivity contribution in [3.05, 3.63) is 51.6 Å². The number of aromatic nitrogens is 2. The molecule has 0 saturated carbocycles. The second-order valence-electron chi connectivity index (χ2n) is 4.59. The van der Waals surface area contributed by atoms with Crippen LogP contribution in [0.5, 0.6) is 5.75 Å². The van der Waals surface area contributed by atoms with Crippen molar-refractivity contribution in [3.63, 3.8) is 0 Å². The van der Waals surface area contributed by atoms with E-state index in [1.165, 1.54) is 0 Å². The molecule has 0 fully saturated rings. The molecule has 0 spiro atoms. The maximum absolute atomic E-state index is 12.1. The van der Waals surface area contributed by atoms with Crippen LogP contribution in [-0.2, 0) is 0 Å². The number of carboxylic acids is 3. The lowest BCUT2D eigenvalue weighted by Gasteiger charge is -1.96. The van der Waals surface area contributed by atoms with Crippen LogP contribution in [0.3, 0.4) is 0 Å². The van der Waals surface area contributed by atoms with E-state index in [2.05, 4.69) is 9.97 Å². The molecule has 0 saturated heterocycles. The van der Waals surface area contributed by atoms with E-state index in [0.717, 1.165) is 18.2 Å². The van der Waals surface area contributed by atoms with Crippen molar-refractivity contribution in [1.82, 2.24) is 9.97 Å². The summed E-state index contributed by atoms with van der Waals surface area (Å²) in [6.45, 7) is 0. The first-order valence-electron chi connectivity index (χ1n) is 6.27. The Kier molecular flexibility index (Phi) is 4.22. The summed E-state index contributed by atoms with van der Waals surface area (Å²) in [5.74, 6) is -5.32. The fourth-order valence-electron chi connectivity index (χ4n) is 1.88. The summed E-state index contributed by atoms with van der Waals surface area (Å²) >= 11 is 0. The normalized spacial score (nSPS) is 10.2. The number of aromatic amines is 2. The largest absolute Gasteiger partial charge is 0.503 e. The highest BCUT2D eigenvalue weighted by molar-refractivity contribution is 5.97. The molecular weight excluding hydrogens is 324 g/mol. The molecule has 2 rings (SSSR count). The van der Waals surface area contributed by atoms with E-state index in [0.29, 0.717) is 6.20 Å². The van der Waals surface area contributed by atoms with E-state index in [1.54, 1.807) is 0 Å². The topological polar surface area (TPSA) is 181 Å². The molecule has 0 bridgehead atoms. The van der Waals surface area contributed by atoms with Gasteiger partial charge in [-0.3, -0.25) is 4.79 Å². The summed E-state index contributed by atoms with van der Waals surface area (Å²) < 4.78 is 0. The average molecular weight is 334 g/mol. The van der Waals surface area contributed by atoms with Gasteiger partial charge in [0.2, 0.25) is 5.43 Å². The highest BCUT2D eigenvalue weighted by Gasteiger charge is 2.13. The van der Waals surface area contributed by atoms with Gasteiger partial charge < -0.3 is 30.4 Å². The van der Waals surface area contributed by atoms with E-state index >= 15 is 0 Å². The van der Waals surface area contributed by atoms with Gasteiger partial charge in [-0.05, 0) is 18.2 Å². The fourth-order valence-corrected chi connectivity index (χ4v) is 1.88. The van der Waals surface area contributed by atoms with Crippen molar-refractivity contribution in [2.24, 2.45) is 0 Å². The second kappa shape index (κ2) is 6.12. The molecule has 124 valence electrons. The summed E-state index contributed by atoms with van der Waals surface area (Å²) in [4.78, 5) is 49.9. The van der Waals surface area contributed by atoms with Gasteiger partial charge in [-0.25, -0.2) is 14.4 Å². The molecule has 0 radical (unpaired) electrons. The van der Waals surface area contributed by atoms with Gasteiger partial charge in [-0.15, -0.1) is 0 Å². The average Bonchev–Trinajstić information content (AvgIpc) is 2.92. The molecule has 2 aromatic heterocycles. The molecule has 2 aromatic rings. The number of fused-ring (bicyclic) bond motifs is 1. The summed E-state index contributed by atoms with van der Waals surface area (Å²) in [6.07, 6.45) is 0.671. The SMILES string of the molecule is O=C(O)c1cc(C(=O)O)[nH]cc(O)c(=O)c2cc(C(=O)O)[nH]c2c1. The van der Waals surface area contributed by atoms with Gasteiger partial charge in [-0.2, -0.15) is 0 Å². The summed E-state index contributed by atoms with van der Waals surface area (Å²) in [5, 5.41) is 36.6.